The first-order chi connectivity index (χ1) is 8.71. The summed E-state index contributed by atoms with van der Waals surface area (Å²) in [5.74, 6) is 1.03. The number of carbonyl (C=O) groups excluding carboxylic acids is 1. The average molecular weight is 269 g/mol. The Morgan fingerprint density at radius 3 is 3.00 bits per heavy atom. The number of nitrogens with one attached hydrogen (secondary N) is 1. The first-order valence-corrected chi connectivity index (χ1v) is 6.56. The molecule has 4 nitrogen and oxygen atoms in total. The number of pyridine rings is 1. The molecule has 2 rings (SSSR count). The summed E-state index contributed by atoms with van der Waals surface area (Å²) in [4.78, 5) is 16.0. The molecular weight excluding hydrogens is 252 g/mol. The van der Waals surface area contributed by atoms with Crippen molar-refractivity contribution < 1.29 is 9.53 Å². The lowest BCUT2D eigenvalue weighted by Gasteiger charge is -2.15. The second-order valence-electron chi connectivity index (χ2n) is 4.70. The fourth-order valence-electron chi connectivity index (χ4n) is 1.99. The van der Waals surface area contributed by atoms with Crippen molar-refractivity contribution in [3.63, 3.8) is 0 Å². The molecule has 1 heterocycles. The van der Waals surface area contributed by atoms with Gasteiger partial charge in [0.15, 0.2) is 0 Å². The van der Waals surface area contributed by atoms with Gasteiger partial charge in [-0.2, -0.15) is 0 Å². The van der Waals surface area contributed by atoms with Crippen molar-refractivity contribution in [2.75, 3.05) is 19.5 Å². The van der Waals surface area contributed by atoms with Crippen LogP contribution in [0.4, 0.5) is 0 Å². The van der Waals surface area contributed by atoms with Crippen LogP contribution in [-0.4, -0.2) is 30.4 Å². The van der Waals surface area contributed by atoms with Crippen LogP contribution in [-0.2, 0) is 0 Å². The lowest BCUT2D eigenvalue weighted by atomic mass is 10.0. The molecule has 1 aromatic rings. The van der Waals surface area contributed by atoms with Crippen molar-refractivity contribution >= 4 is 17.5 Å². The van der Waals surface area contributed by atoms with Gasteiger partial charge in [0.05, 0.1) is 18.9 Å². The Morgan fingerprint density at radius 2 is 2.39 bits per heavy atom. The van der Waals surface area contributed by atoms with Crippen LogP contribution >= 0.6 is 11.6 Å². The second kappa shape index (κ2) is 5.57. The van der Waals surface area contributed by atoms with E-state index in [1.807, 2.05) is 0 Å². The minimum atomic E-state index is -0.116. The van der Waals surface area contributed by atoms with Crippen LogP contribution in [0.3, 0.4) is 0 Å². The van der Waals surface area contributed by atoms with Gasteiger partial charge >= 0.3 is 0 Å². The monoisotopic (exact) mass is 268 g/mol. The highest BCUT2D eigenvalue weighted by atomic mass is 35.5. The van der Waals surface area contributed by atoms with Crippen molar-refractivity contribution in [1.29, 1.82) is 0 Å². The number of nitrogens with zero attached hydrogens (tertiary/aromatic N) is 1. The van der Waals surface area contributed by atoms with E-state index in [2.05, 4.69) is 10.3 Å². The molecule has 0 saturated heterocycles. The van der Waals surface area contributed by atoms with E-state index >= 15 is 0 Å². The first-order valence-electron chi connectivity index (χ1n) is 6.03. The molecule has 0 unspecified atom stereocenters. The molecule has 5 heteroatoms. The summed E-state index contributed by atoms with van der Waals surface area (Å²) in [5.41, 5.74) is 0.756. The van der Waals surface area contributed by atoms with E-state index in [9.17, 15) is 4.79 Å². The Bertz CT molecular complexity index is 433. The smallest absolute Gasteiger partial charge is 0.255 e. The lowest BCUT2D eigenvalue weighted by Crippen LogP contribution is -2.30. The summed E-state index contributed by atoms with van der Waals surface area (Å²) in [6.45, 7) is 0.685. The highest BCUT2D eigenvalue weighted by Crippen LogP contribution is 2.48. The fraction of sp³-hybridized carbons (Fsp3) is 0.538. The number of amides is 1. The molecule has 0 aromatic carbocycles. The number of alkyl halides is 1. The van der Waals surface area contributed by atoms with E-state index in [-0.39, 0.29) is 11.3 Å². The van der Waals surface area contributed by atoms with Gasteiger partial charge in [0.1, 0.15) is 5.75 Å². The molecule has 1 saturated carbocycles. The molecule has 0 aliphatic heterocycles. The van der Waals surface area contributed by atoms with Gasteiger partial charge in [0.2, 0.25) is 0 Å². The van der Waals surface area contributed by atoms with Crippen LogP contribution in [0, 0.1) is 5.41 Å². The predicted molar refractivity (Wildman–Crippen MR) is 70.1 cm³/mol. The van der Waals surface area contributed by atoms with E-state index in [1.165, 1.54) is 7.11 Å². The molecule has 1 aliphatic rings. The largest absolute Gasteiger partial charge is 0.494 e. The van der Waals surface area contributed by atoms with Crippen LogP contribution in [0.5, 0.6) is 5.75 Å². The van der Waals surface area contributed by atoms with Gasteiger partial charge in [-0.1, -0.05) is 0 Å². The lowest BCUT2D eigenvalue weighted by molar-refractivity contribution is 0.0941. The maximum absolute atomic E-state index is 12.1. The number of carbonyl (C=O) groups is 1. The van der Waals surface area contributed by atoms with Crippen molar-refractivity contribution in [1.82, 2.24) is 10.3 Å². The number of methoxy groups -OCH3 is 1. The minimum absolute atomic E-state index is 0.116. The zero-order valence-electron chi connectivity index (χ0n) is 10.4. The van der Waals surface area contributed by atoms with Crippen molar-refractivity contribution in [3.8, 4) is 5.75 Å². The summed E-state index contributed by atoms with van der Waals surface area (Å²) in [7, 11) is 1.53. The summed E-state index contributed by atoms with van der Waals surface area (Å²) in [6.07, 6.45) is 6.38. The third kappa shape index (κ3) is 2.93. The average Bonchev–Trinajstić information content (AvgIpc) is 3.16. The summed E-state index contributed by atoms with van der Waals surface area (Å²) in [5, 5.41) is 2.96. The maximum atomic E-state index is 12.1. The molecule has 0 spiro atoms. The molecule has 1 N–H and O–H groups in total. The van der Waals surface area contributed by atoms with E-state index < -0.39 is 0 Å². The molecule has 0 radical (unpaired) electrons. The van der Waals surface area contributed by atoms with Crippen molar-refractivity contribution in [3.05, 3.63) is 24.0 Å². The Morgan fingerprint density at radius 1 is 1.61 bits per heavy atom. The maximum Gasteiger partial charge on any atom is 0.255 e. The van der Waals surface area contributed by atoms with Gasteiger partial charge in [-0.25, -0.2) is 0 Å². The van der Waals surface area contributed by atoms with E-state index in [0.29, 0.717) is 23.7 Å². The number of halogens is 1. The van der Waals surface area contributed by atoms with Crippen LogP contribution in [0.1, 0.15) is 29.6 Å². The van der Waals surface area contributed by atoms with E-state index in [0.717, 1.165) is 19.3 Å². The first kappa shape index (κ1) is 13.1. The second-order valence-corrected chi connectivity index (χ2v) is 5.08. The third-order valence-electron chi connectivity index (χ3n) is 3.45. The van der Waals surface area contributed by atoms with E-state index in [1.54, 1.807) is 18.5 Å². The minimum Gasteiger partial charge on any atom is -0.494 e. The molecule has 98 valence electrons. The Kier molecular flexibility index (Phi) is 4.07. The molecule has 1 aliphatic carbocycles. The molecular formula is C13H17ClN2O2. The highest BCUT2D eigenvalue weighted by molar-refractivity contribution is 6.17. The number of ether oxygens (including phenoxy) is 1. The van der Waals surface area contributed by atoms with Crippen molar-refractivity contribution in [2.45, 2.75) is 19.3 Å². The van der Waals surface area contributed by atoms with Crippen LogP contribution in [0.25, 0.3) is 0 Å². The van der Waals surface area contributed by atoms with Gasteiger partial charge in [-0.3, -0.25) is 9.78 Å². The fourth-order valence-corrected chi connectivity index (χ4v) is 2.39. The van der Waals surface area contributed by atoms with Gasteiger partial charge in [0.25, 0.3) is 5.91 Å². The molecule has 1 amide bonds. The molecule has 0 bridgehead atoms. The van der Waals surface area contributed by atoms with Gasteiger partial charge in [0, 0.05) is 18.6 Å². The summed E-state index contributed by atoms with van der Waals surface area (Å²) >= 11 is 5.77. The van der Waals surface area contributed by atoms with Crippen molar-refractivity contribution in [2.24, 2.45) is 5.41 Å². The van der Waals surface area contributed by atoms with Crippen LogP contribution in [0.2, 0.25) is 0 Å². The van der Waals surface area contributed by atoms with Crippen LogP contribution < -0.4 is 10.1 Å². The van der Waals surface area contributed by atoms with E-state index in [4.69, 9.17) is 16.3 Å². The van der Waals surface area contributed by atoms with Crippen LogP contribution in [0.15, 0.2) is 18.5 Å². The Labute approximate surface area is 112 Å². The Hall–Kier alpha value is -1.29. The summed E-state index contributed by atoms with van der Waals surface area (Å²) in [6, 6.07) is 1.66. The normalized spacial score (nSPS) is 16.1. The Balaban J connectivity index is 1.96. The predicted octanol–water partition coefficient (Wildman–Crippen LogP) is 2.23. The van der Waals surface area contributed by atoms with Gasteiger partial charge < -0.3 is 10.1 Å². The molecule has 1 fully saturated rings. The SMILES string of the molecule is COc1cnccc1C(=O)NCC1(CCCl)CC1. The van der Waals surface area contributed by atoms with Gasteiger partial charge in [-0.05, 0) is 30.7 Å². The number of hydrogen-bond acceptors (Lipinski definition) is 3. The zero-order valence-corrected chi connectivity index (χ0v) is 11.2. The zero-order chi connectivity index (χ0) is 13.0. The number of hydrogen-bond donors (Lipinski definition) is 1. The topological polar surface area (TPSA) is 51.2 Å². The number of rotatable bonds is 6. The quantitative estimate of drug-likeness (QED) is 0.805. The van der Waals surface area contributed by atoms with Gasteiger partial charge in [-0.15, -0.1) is 11.6 Å². The highest BCUT2D eigenvalue weighted by Gasteiger charge is 2.41. The summed E-state index contributed by atoms with van der Waals surface area (Å²) < 4.78 is 5.12. The number of aromatic nitrogens is 1. The molecule has 0 atom stereocenters. The molecule has 18 heavy (non-hydrogen) atoms. The molecule has 1 aromatic heterocycles. The third-order valence-corrected chi connectivity index (χ3v) is 3.64. The standard InChI is InChI=1S/C13H17ClN2O2/c1-18-11-8-15-7-2-10(11)12(17)16-9-13(3-4-13)5-6-14/h2,7-8H,3-6,9H2,1H3,(H,16,17).